The van der Waals surface area contributed by atoms with Crippen molar-refractivity contribution in [1.29, 1.82) is 0 Å². The van der Waals surface area contributed by atoms with Gasteiger partial charge in [-0.15, -0.1) is 0 Å². The van der Waals surface area contributed by atoms with E-state index in [-0.39, 0.29) is 12.5 Å². The maximum Gasteiger partial charge on any atom is 0.243 e. The van der Waals surface area contributed by atoms with Crippen molar-refractivity contribution in [2.24, 2.45) is 0 Å². The maximum atomic E-state index is 12.5. The minimum atomic E-state index is -0.198. The van der Waals surface area contributed by atoms with Crippen LogP contribution >= 0.6 is 11.6 Å². The lowest BCUT2D eigenvalue weighted by Gasteiger charge is -2.15. The number of aromatic nitrogens is 3. The number of nitrogens with one attached hydrogen (secondary N) is 2. The first kappa shape index (κ1) is 19.3. The van der Waals surface area contributed by atoms with Crippen LogP contribution in [0.25, 0.3) is 5.69 Å². The number of benzene rings is 2. The number of carbonyl (C=O) groups excluding carboxylic acids is 1. The van der Waals surface area contributed by atoms with Gasteiger partial charge in [0.2, 0.25) is 5.91 Å². The van der Waals surface area contributed by atoms with Crippen LogP contribution in [0.2, 0.25) is 5.02 Å². The van der Waals surface area contributed by atoms with Crippen molar-refractivity contribution in [3.8, 4) is 11.4 Å². The highest BCUT2D eigenvalue weighted by Gasteiger charge is 2.16. The molecule has 1 aliphatic carbocycles. The Morgan fingerprint density at radius 1 is 1.21 bits per heavy atom. The molecule has 4 rings (SSSR count). The van der Waals surface area contributed by atoms with E-state index in [0.29, 0.717) is 22.5 Å². The molecule has 1 fully saturated rings. The standard InChI is InChI=1S/C21H22ClN5O2/c22-15-8-9-20(27-14-23-13-25-27)19(10-15)26-21(28)12-24-16-4-3-7-18(11-16)29-17-5-1-2-6-17/h3-4,7-11,13-14,17,24H,1-2,5-6,12H2,(H,26,28). The molecule has 150 valence electrons. The SMILES string of the molecule is O=C(CNc1cccc(OC2CCCC2)c1)Nc1cc(Cl)ccc1-n1cncn1. The largest absolute Gasteiger partial charge is 0.490 e. The van der Waals surface area contributed by atoms with Gasteiger partial charge in [0.25, 0.3) is 0 Å². The van der Waals surface area contributed by atoms with Gasteiger partial charge in [-0.25, -0.2) is 9.67 Å². The lowest BCUT2D eigenvalue weighted by atomic mass is 10.2. The summed E-state index contributed by atoms with van der Waals surface area (Å²) in [6, 6.07) is 12.9. The fourth-order valence-electron chi connectivity index (χ4n) is 3.40. The zero-order valence-electron chi connectivity index (χ0n) is 15.8. The molecule has 0 atom stereocenters. The summed E-state index contributed by atoms with van der Waals surface area (Å²) in [7, 11) is 0. The molecular weight excluding hydrogens is 390 g/mol. The Bertz CT molecular complexity index is 971. The minimum absolute atomic E-state index is 0.107. The van der Waals surface area contributed by atoms with Gasteiger partial charge in [-0.05, 0) is 56.0 Å². The van der Waals surface area contributed by atoms with Crippen molar-refractivity contribution in [2.75, 3.05) is 17.2 Å². The van der Waals surface area contributed by atoms with Crippen LogP contribution in [-0.4, -0.2) is 33.3 Å². The van der Waals surface area contributed by atoms with Crippen LogP contribution in [0.15, 0.2) is 55.1 Å². The maximum absolute atomic E-state index is 12.5. The third-order valence-electron chi connectivity index (χ3n) is 4.79. The van der Waals surface area contributed by atoms with Crippen LogP contribution in [0.1, 0.15) is 25.7 Å². The number of ether oxygens (including phenoxy) is 1. The summed E-state index contributed by atoms with van der Waals surface area (Å²) in [4.78, 5) is 16.4. The van der Waals surface area contributed by atoms with Gasteiger partial charge in [0.05, 0.1) is 24.0 Å². The van der Waals surface area contributed by atoms with Crippen LogP contribution in [0, 0.1) is 0 Å². The van der Waals surface area contributed by atoms with Crippen molar-refractivity contribution >= 4 is 28.9 Å². The van der Waals surface area contributed by atoms with Gasteiger partial charge < -0.3 is 15.4 Å². The molecule has 1 saturated carbocycles. The monoisotopic (exact) mass is 411 g/mol. The fourth-order valence-corrected chi connectivity index (χ4v) is 3.57. The summed E-state index contributed by atoms with van der Waals surface area (Å²) in [6.45, 7) is 0.107. The molecule has 1 heterocycles. The van der Waals surface area contributed by atoms with Gasteiger partial charge in [0, 0.05) is 16.8 Å². The molecule has 2 aromatic carbocycles. The highest BCUT2D eigenvalue weighted by atomic mass is 35.5. The van der Waals surface area contributed by atoms with E-state index in [4.69, 9.17) is 16.3 Å². The van der Waals surface area contributed by atoms with Crippen molar-refractivity contribution in [3.05, 3.63) is 60.1 Å². The van der Waals surface area contributed by atoms with Crippen LogP contribution in [0.4, 0.5) is 11.4 Å². The van der Waals surface area contributed by atoms with E-state index in [1.807, 2.05) is 24.3 Å². The molecule has 8 heteroatoms. The molecule has 0 radical (unpaired) electrons. The number of nitrogens with zero attached hydrogens (tertiary/aromatic N) is 3. The molecule has 0 aliphatic heterocycles. The molecule has 0 saturated heterocycles. The van der Waals surface area contributed by atoms with Gasteiger partial charge in [-0.3, -0.25) is 4.79 Å². The van der Waals surface area contributed by atoms with Crippen molar-refractivity contribution < 1.29 is 9.53 Å². The number of hydrogen-bond acceptors (Lipinski definition) is 5. The van der Waals surface area contributed by atoms with E-state index in [9.17, 15) is 4.79 Å². The van der Waals surface area contributed by atoms with Crippen LogP contribution in [-0.2, 0) is 4.79 Å². The smallest absolute Gasteiger partial charge is 0.243 e. The number of anilines is 2. The first-order valence-corrected chi connectivity index (χ1v) is 10.0. The molecular formula is C21H22ClN5O2. The molecule has 7 nitrogen and oxygen atoms in total. The summed E-state index contributed by atoms with van der Waals surface area (Å²) in [5, 5.41) is 10.6. The molecule has 1 amide bonds. The second kappa shape index (κ2) is 8.96. The average molecular weight is 412 g/mol. The Labute approximate surface area is 174 Å². The number of rotatable bonds is 7. The van der Waals surface area contributed by atoms with Crippen LogP contribution in [0.3, 0.4) is 0 Å². The molecule has 1 aliphatic rings. The van der Waals surface area contributed by atoms with E-state index in [1.54, 1.807) is 29.2 Å². The van der Waals surface area contributed by atoms with Crippen LogP contribution in [0.5, 0.6) is 5.75 Å². The third-order valence-corrected chi connectivity index (χ3v) is 5.03. The highest BCUT2D eigenvalue weighted by Crippen LogP contribution is 2.26. The molecule has 29 heavy (non-hydrogen) atoms. The molecule has 3 aromatic rings. The van der Waals surface area contributed by atoms with E-state index in [0.717, 1.165) is 24.3 Å². The normalized spacial score (nSPS) is 14.0. The first-order chi connectivity index (χ1) is 14.2. The zero-order chi connectivity index (χ0) is 20.1. The van der Waals surface area contributed by atoms with E-state index >= 15 is 0 Å². The lowest BCUT2D eigenvalue weighted by Crippen LogP contribution is -2.22. The Morgan fingerprint density at radius 3 is 2.86 bits per heavy atom. The van der Waals surface area contributed by atoms with Gasteiger partial charge in [0.15, 0.2) is 0 Å². The predicted molar refractivity (Wildman–Crippen MR) is 113 cm³/mol. The highest BCUT2D eigenvalue weighted by molar-refractivity contribution is 6.31. The van der Waals surface area contributed by atoms with E-state index in [2.05, 4.69) is 20.7 Å². The number of hydrogen-bond donors (Lipinski definition) is 2. The summed E-state index contributed by atoms with van der Waals surface area (Å²) in [5.41, 5.74) is 2.08. The Morgan fingerprint density at radius 2 is 2.07 bits per heavy atom. The van der Waals surface area contributed by atoms with Gasteiger partial charge in [-0.1, -0.05) is 17.7 Å². The second-order valence-electron chi connectivity index (χ2n) is 6.96. The van der Waals surface area contributed by atoms with Gasteiger partial charge in [-0.2, -0.15) is 5.10 Å². The summed E-state index contributed by atoms with van der Waals surface area (Å²) in [5.74, 6) is 0.626. The topological polar surface area (TPSA) is 81.1 Å². The minimum Gasteiger partial charge on any atom is -0.490 e. The average Bonchev–Trinajstić information content (AvgIpc) is 3.41. The van der Waals surface area contributed by atoms with Crippen molar-refractivity contribution in [3.63, 3.8) is 0 Å². The zero-order valence-corrected chi connectivity index (χ0v) is 16.6. The lowest BCUT2D eigenvalue weighted by molar-refractivity contribution is -0.114. The quantitative estimate of drug-likeness (QED) is 0.606. The number of amides is 1. The number of carbonyl (C=O) groups is 1. The third kappa shape index (κ3) is 5.06. The Kier molecular flexibility index (Phi) is 5.95. The predicted octanol–water partition coefficient (Wildman–Crippen LogP) is 4.29. The summed E-state index contributed by atoms with van der Waals surface area (Å²) >= 11 is 6.10. The second-order valence-corrected chi connectivity index (χ2v) is 7.39. The Balaban J connectivity index is 1.38. The first-order valence-electron chi connectivity index (χ1n) is 9.62. The van der Waals surface area contributed by atoms with Crippen molar-refractivity contribution in [1.82, 2.24) is 14.8 Å². The van der Waals surface area contributed by atoms with Gasteiger partial charge >= 0.3 is 0 Å². The molecule has 0 spiro atoms. The molecule has 2 N–H and O–H groups in total. The van der Waals surface area contributed by atoms with Crippen LogP contribution < -0.4 is 15.4 Å². The van der Waals surface area contributed by atoms with E-state index in [1.165, 1.54) is 19.2 Å². The molecule has 0 unspecified atom stereocenters. The Hall–Kier alpha value is -3.06. The van der Waals surface area contributed by atoms with E-state index < -0.39 is 0 Å². The van der Waals surface area contributed by atoms with Gasteiger partial charge in [0.1, 0.15) is 18.4 Å². The fraction of sp³-hybridized carbons (Fsp3) is 0.286. The molecule has 0 bridgehead atoms. The summed E-state index contributed by atoms with van der Waals surface area (Å²) in [6.07, 6.45) is 7.95. The number of halogens is 1. The molecule has 1 aromatic heterocycles. The summed E-state index contributed by atoms with van der Waals surface area (Å²) < 4.78 is 7.59. The van der Waals surface area contributed by atoms with Crippen molar-refractivity contribution in [2.45, 2.75) is 31.8 Å².